The maximum absolute atomic E-state index is 11.7. The van der Waals surface area contributed by atoms with Crippen molar-refractivity contribution < 1.29 is 8.42 Å². The number of benzene rings is 1. The van der Waals surface area contributed by atoms with Crippen molar-refractivity contribution in [1.82, 2.24) is 5.32 Å². The van der Waals surface area contributed by atoms with E-state index in [4.69, 9.17) is 0 Å². The predicted octanol–water partition coefficient (Wildman–Crippen LogP) is 1.53. The molecule has 1 aromatic carbocycles. The van der Waals surface area contributed by atoms with E-state index < -0.39 is 9.84 Å². The van der Waals surface area contributed by atoms with Crippen molar-refractivity contribution >= 4 is 15.5 Å². The van der Waals surface area contributed by atoms with Crippen LogP contribution in [0.5, 0.6) is 0 Å². The molecule has 106 valence electrons. The molecule has 5 heteroatoms. The highest BCUT2D eigenvalue weighted by Crippen LogP contribution is 2.25. The number of anilines is 1. The smallest absolute Gasteiger partial charge is 0.178 e. The summed E-state index contributed by atoms with van der Waals surface area (Å²) < 4.78 is 23.5. The Morgan fingerprint density at radius 1 is 1.32 bits per heavy atom. The first-order valence-electron chi connectivity index (χ1n) is 6.79. The van der Waals surface area contributed by atoms with E-state index in [0.29, 0.717) is 10.8 Å². The summed E-state index contributed by atoms with van der Waals surface area (Å²) in [5.41, 5.74) is 1.12. The van der Waals surface area contributed by atoms with E-state index in [1.54, 1.807) is 19.1 Å². The molecule has 0 saturated carbocycles. The first-order valence-corrected chi connectivity index (χ1v) is 8.44. The minimum atomic E-state index is -3.09. The molecule has 1 aromatic rings. The maximum atomic E-state index is 11.7. The Balaban J connectivity index is 2.08. The van der Waals surface area contributed by atoms with Crippen LogP contribution < -0.4 is 10.2 Å². The molecule has 1 aliphatic heterocycles. The zero-order valence-corrected chi connectivity index (χ0v) is 12.4. The third-order valence-electron chi connectivity index (χ3n) is 3.72. The minimum absolute atomic E-state index is 0.153. The highest BCUT2D eigenvalue weighted by molar-refractivity contribution is 7.91. The Hall–Kier alpha value is -1.07. The second-order valence-corrected chi connectivity index (χ2v) is 7.33. The monoisotopic (exact) mass is 282 g/mol. The highest BCUT2D eigenvalue weighted by atomic mass is 32.2. The summed E-state index contributed by atoms with van der Waals surface area (Å²) in [6.07, 6.45) is 1.19. The molecular weight excluding hydrogens is 260 g/mol. The van der Waals surface area contributed by atoms with Gasteiger partial charge in [-0.1, -0.05) is 6.92 Å². The molecule has 1 atom stereocenters. The van der Waals surface area contributed by atoms with E-state index in [9.17, 15) is 8.42 Å². The van der Waals surface area contributed by atoms with Gasteiger partial charge >= 0.3 is 0 Å². The standard InChI is InChI=1S/C14H22N2O2S/c1-3-19(17,18)14-6-4-13(5-7-14)16-9-8-12(11-16)10-15-2/h4-7,12,15H,3,8-11H2,1-2H3. The van der Waals surface area contributed by atoms with Crippen molar-refractivity contribution in [2.75, 3.05) is 37.3 Å². The molecule has 1 heterocycles. The largest absolute Gasteiger partial charge is 0.371 e. The van der Waals surface area contributed by atoms with Gasteiger partial charge in [0.2, 0.25) is 0 Å². The number of sulfone groups is 1. The van der Waals surface area contributed by atoms with Crippen LogP contribution in [0.1, 0.15) is 13.3 Å². The summed E-state index contributed by atoms with van der Waals surface area (Å²) in [5, 5.41) is 3.21. The van der Waals surface area contributed by atoms with E-state index in [-0.39, 0.29) is 5.75 Å². The highest BCUT2D eigenvalue weighted by Gasteiger charge is 2.22. The number of hydrogen-bond donors (Lipinski definition) is 1. The molecule has 0 aromatic heterocycles. The van der Waals surface area contributed by atoms with Crippen LogP contribution in [0.2, 0.25) is 0 Å². The number of rotatable bonds is 5. The summed E-state index contributed by atoms with van der Waals surface area (Å²) >= 11 is 0. The van der Waals surface area contributed by atoms with Crippen LogP contribution >= 0.6 is 0 Å². The second-order valence-electron chi connectivity index (χ2n) is 5.06. The summed E-state index contributed by atoms with van der Waals surface area (Å²) in [6, 6.07) is 7.29. The molecule has 2 rings (SSSR count). The maximum Gasteiger partial charge on any atom is 0.178 e. The molecule has 1 fully saturated rings. The van der Waals surface area contributed by atoms with E-state index in [2.05, 4.69) is 10.2 Å². The lowest BCUT2D eigenvalue weighted by Crippen LogP contribution is -2.24. The van der Waals surface area contributed by atoms with Crippen molar-refractivity contribution in [2.45, 2.75) is 18.2 Å². The quantitative estimate of drug-likeness (QED) is 0.890. The first-order chi connectivity index (χ1) is 9.06. The van der Waals surface area contributed by atoms with E-state index in [1.165, 1.54) is 6.42 Å². The molecule has 1 aliphatic rings. The van der Waals surface area contributed by atoms with Gasteiger partial charge in [0.15, 0.2) is 9.84 Å². The third kappa shape index (κ3) is 3.28. The average Bonchev–Trinajstić information content (AvgIpc) is 2.88. The van der Waals surface area contributed by atoms with Crippen LogP contribution in [0.3, 0.4) is 0 Å². The van der Waals surface area contributed by atoms with Gasteiger partial charge in [0.1, 0.15) is 0 Å². The lowest BCUT2D eigenvalue weighted by molar-refractivity contribution is 0.549. The third-order valence-corrected chi connectivity index (χ3v) is 5.47. The molecule has 0 bridgehead atoms. The second kappa shape index (κ2) is 5.92. The average molecular weight is 282 g/mol. The normalized spacial score (nSPS) is 19.9. The molecule has 1 unspecified atom stereocenters. The van der Waals surface area contributed by atoms with Crippen molar-refractivity contribution in [2.24, 2.45) is 5.92 Å². The summed E-state index contributed by atoms with van der Waals surface area (Å²) in [6.45, 7) is 4.80. The van der Waals surface area contributed by atoms with Crippen molar-refractivity contribution in [1.29, 1.82) is 0 Å². The van der Waals surface area contributed by atoms with Gasteiger partial charge in [-0.25, -0.2) is 8.42 Å². The number of hydrogen-bond acceptors (Lipinski definition) is 4. The van der Waals surface area contributed by atoms with Gasteiger partial charge in [0.25, 0.3) is 0 Å². The molecule has 0 radical (unpaired) electrons. The molecule has 4 nitrogen and oxygen atoms in total. The topological polar surface area (TPSA) is 49.4 Å². The zero-order valence-electron chi connectivity index (χ0n) is 11.6. The van der Waals surface area contributed by atoms with Crippen LogP contribution in [0.4, 0.5) is 5.69 Å². The van der Waals surface area contributed by atoms with Crippen molar-refractivity contribution in [3.8, 4) is 0 Å². The van der Waals surface area contributed by atoms with Gasteiger partial charge in [-0.2, -0.15) is 0 Å². The zero-order chi connectivity index (χ0) is 13.9. The van der Waals surface area contributed by atoms with Crippen molar-refractivity contribution in [3.05, 3.63) is 24.3 Å². The summed E-state index contributed by atoms with van der Waals surface area (Å²) in [4.78, 5) is 2.74. The Morgan fingerprint density at radius 3 is 2.58 bits per heavy atom. The van der Waals surface area contributed by atoms with E-state index in [1.807, 2.05) is 19.2 Å². The van der Waals surface area contributed by atoms with Gasteiger partial charge in [-0.05, 0) is 50.2 Å². The summed E-state index contributed by atoms with van der Waals surface area (Å²) in [7, 11) is -1.11. The number of nitrogens with zero attached hydrogens (tertiary/aromatic N) is 1. The van der Waals surface area contributed by atoms with Gasteiger partial charge in [0.05, 0.1) is 10.6 Å². The van der Waals surface area contributed by atoms with Crippen LogP contribution in [0, 0.1) is 5.92 Å². The Bertz CT molecular complexity index is 511. The van der Waals surface area contributed by atoms with Crippen LogP contribution in [0.15, 0.2) is 29.2 Å². The van der Waals surface area contributed by atoms with Gasteiger partial charge < -0.3 is 10.2 Å². The minimum Gasteiger partial charge on any atom is -0.371 e. The lowest BCUT2D eigenvalue weighted by Gasteiger charge is -2.19. The fourth-order valence-electron chi connectivity index (χ4n) is 2.55. The first kappa shape index (κ1) is 14.3. The fourth-order valence-corrected chi connectivity index (χ4v) is 3.44. The molecule has 0 aliphatic carbocycles. The molecule has 0 spiro atoms. The SMILES string of the molecule is CCS(=O)(=O)c1ccc(N2CCC(CNC)C2)cc1. The van der Waals surface area contributed by atoms with Crippen LogP contribution in [-0.4, -0.2) is 40.9 Å². The molecule has 19 heavy (non-hydrogen) atoms. The molecule has 0 amide bonds. The van der Waals surface area contributed by atoms with Crippen LogP contribution in [0.25, 0.3) is 0 Å². The molecule has 1 saturated heterocycles. The Kier molecular flexibility index (Phi) is 4.47. The van der Waals surface area contributed by atoms with Crippen LogP contribution in [-0.2, 0) is 9.84 Å². The lowest BCUT2D eigenvalue weighted by atomic mass is 10.1. The Labute approximate surface area is 115 Å². The fraction of sp³-hybridized carbons (Fsp3) is 0.571. The summed E-state index contributed by atoms with van der Waals surface area (Å²) in [5.74, 6) is 0.837. The van der Waals surface area contributed by atoms with Gasteiger partial charge in [-0.15, -0.1) is 0 Å². The van der Waals surface area contributed by atoms with E-state index in [0.717, 1.165) is 25.3 Å². The van der Waals surface area contributed by atoms with Gasteiger partial charge in [-0.3, -0.25) is 0 Å². The molecule has 1 N–H and O–H groups in total. The number of nitrogens with one attached hydrogen (secondary N) is 1. The van der Waals surface area contributed by atoms with Crippen molar-refractivity contribution in [3.63, 3.8) is 0 Å². The Morgan fingerprint density at radius 2 is 2.00 bits per heavy atom. The van der Waals surface area contributed by atoms with E-state index >= 15 is 0 Å². The molecular formula is C14H22N2O2S. The van der Waals surface area contributed by atoms with Gasteiger partial charge in [0, 0.05) is 18.8 Å². The predicted molar refractivity (Wildman–Crippen MR) is 78.4 cm³/mol.